The van der Waals surface area contributed by atoms with Crippen molar-refractivity contribution < 1.29 is 4.74 Å². The zero-order chi connectivity index (χ0) is 17.9. The molecule has 1 atom stereocenters. The highest BCUT2D eigenvalue weighted by molar-refractivity contribution is 5.45. The van der Waals surface area contributed by atoms with E-state index in [4.69, 9.17) is 4.74 Å². The summed E-state index contributed by atoms with van der Waals surface area (Å²) >= 11 is 0. The molecule has 0 bridgehead atoms. The highest BCUT2D eigenvalue weighted by atomic mass is 16.5. The highest BCUT2D eigenvalue weighted by Crippen LogP contribution is 2.34. The quantitative estimate of drug-likeness (QED) is 0.520. The van der Waals surface area contributed by atoms with Gasteiger partial charge in [0.2, 0.25) is 0 Å². The molecule has 25 heavy (non-hydrogen) atoms. The van der Waals surface area contributed by atoms with E-state index in [2.05, 4.69) is 87.5 Å². The van der Waals surface area contributed by atoms with E-state index in [0.717, 1.165) is 5.75 Å². The lowest BCUT2D eigenvalue weighted by atomic mass is 9.82. The molecule has 0 saturated heterocycles. The Kier molecular flexibility index (Phi) is 4.94. The lowest BCUT2D eigenvalue weighted by molar-refractivity contribution is 0.414. The summed E-state index contributed by atoms with van der Waals surface area (Å²) < 4.78 is 5.31. The average molecular weight is 330 g/mol. The van der Waals surface area contributed by atoms with Crippen molar-refractivity contribution >= 4 is 0 Å². The van der Waals surface area contributed by atoms with Crippen LogP contribution in [0.4, 0.5) is 0 Å². The van der Waals surface area contributed by atoms with Gasteiger partial charge < -0.3 is 4.74 Å². The molecule has 0 spiro atoms. The molecule has 128 valence electrons. The average Bonchev–Trinajstić information content (AvgIpc) is 2.63. The molecular weight excluding hydrogens is 304 g/mol. The molecular formula is C24H26O. The van der Waals surface area contributed by atoms with Crippen molar-refractivity contribution in [1.82, 2.24) is 0 Å². The van der Waals surface area contributed by atoms with E-state index in [-0.39, 0.29) is 11.3 Å². The first-order valence-corrected chi connectivity index (χ1v) is 8.78. The van der Waals surface area contributed by atoms with Gasteiger partial charge >= 0.3 is 0 Å². The fourth-order valence-electron chi connectivity index (χ4n) is 3.19. The predicted molar refractivity (Wildman–Crippen MR) is 106 cm³/mol. The Morgan fingerprint density at radius 2 is 1.12 bits per heavy atom. The van der Waals surface area contributed by atoms with Gasteiger partial charge in [-0.05, 0) is 39.8 Å². The lowest BCUT2D eigenvalue weighted by Crippen LogP contribution is -2.11. The van der Waals surface area contributed by atoms with Gasteiger partial charge in [-0.15, -0.1) is 0 Å². The molecule has 0 aliphatic rings. The molecule has 3 aromatic rings. The summed E-state index contributed by atoms with van der Waals surface area (Å²) in [5.74, 6) is 1.11. The second-order valence-electron chi connectivity index (χ2n) is 7.49. The molecule has 3 aromatic carbocycles. The molecule has 1 nitrogen and oxygen atoms in total. The van der Waals surface area contributed by atoms with E-state index < -0.39 is 0 Å². The maximum absolute atomic E-state index is 5.31. The Labute approximate surface area is 151 Å². The van der Waals surface area contributed by atoms with E-state index in [1.807, 2.05) is 12.1 Å². The van der Waals surface area contributed by atoms with E-state index >= 15 is 0 Å². The first kappa shape index (κ1) is 17.3. The smallest absolute Gasteiger partial charge is 0.118 e. The van der Waals surface area contributed by atoms with Crippen LogP contribution in [0, 0.1) is 0 Å². The molecule has 0 saturated carbocycles. The second-order valence-corrected chi connectivity index (χ2v) is 7.49. The highest BCUT2D eigenvalue weighted by Gasteiger charge is 2.18. The van der Waals surface area contributed by atoms with Gasteiger partial charge in [-0.2, -0.15) is 0 Å². The van der Waals surface area contributed by atoms with E-state index in [1.54, 1.807) is 7.11 Å². The van der Waals surface area contributed by atoms with Crippen LogP contribution in [-0.4, -0.2) is 7.11 Å². The maximum atomic E-state index is 5.31. The van der Waals surface area contributed by atoms with Gasteiger partial charge in [0, 0.05) is 5.92 Å². The Hall–Kier alpha value is -2.54. The van der Waals surface area contributed by atoms with Gasteiger partial charge in [-0.25, -0.2) is 0 Å². The van der Waals surface area contributed by atoms with Crippen LogP contribution < -0.4 is 4.74 Å². The molecule has 0 heterocycles. The summed E-state index contributed by atoms with van der Waals surface area (Å²) in [6.07, 6.45) is 0. The van der Waals surface area contributed by atoms with Gasteiger partial charge in [0.1, 0.15) is 5.75 Å². The van der Waals surface area contributed by atoms with Gasteiger partial charge in [0.25, 0.3) is 0 Å². The summed E-state index contributed by atoms with van der Waals surface area (Å²) in [6.45, 7) is 6.75. The first-order valence-electron chi connectivity index (χ1n) is 8.78. The fraction of sp³-hybridized carbons (Fsp3) is 0.250. The largest absolute Gasteiger partial charge is 0.497 e. The molecule has 0 aliphatic carbocycles. The zero-order valence-electron chi connectivity index (χ0n) is 15.5. The summed E-state index contributed by atoms with van der Waals surface area (Å²) in [5, 5.41) is 0. The third-order valence-corrected chi connectivity index (χ3v) is 4.69. The van der Waals surface area contributed by atoms with E-state index in [9.17, 15) is 0 Å². The number of methoxy groups -OCH3 is 1. The zero-order valence-corrected chi connectivity index (χ0v) is 15.5. The Bertz CT molecular complexity index is 793. The molecule has 1 unspecified atom stereocenters. The van der Waals surface area contributed by atoms with Crippen LogP contribution in [0.25, 0.3) is 0 Å². The van der Waals surface area contributed by atoms with Gasteiger partial charge in [-0.1, -0.05) is 87.5 Å². The maximum Gasteiger partial charge on any atom is 0.118 e. The molecule has 0 aromatic heterocycles. The third kappa shape index (κ3) is 3.93. The standard InChI is InChI=1S/C24H26O/c1-24(2,3)21-14-10-19(11-15-21)23(18-8-6-5-7-9-18)20-12-16-22(25-4)17-13-20/h5-17,23H,1-4H3. The van der Waals surface area contributed by atoms with E-state index in [0.29, 0.717) is 0 Å². The summed E-state index contributed by atoms with van der Waals surface area (Å²) in [7, 11) is 1.70. The monoisotopic (exact) mass is 330 g/mol. The number of benzene rings is 3. The molecule has 0 fully saturated rings. The summed E-state index contributed by atoms with van der Waals surface area (Å²) in [4.78, 5) is 0. The van der Waals surface area contributed by atoms with Crippen LogP contribution in [-0.2, 0) is 5.41 Å². The van der Waals surface area contributed by atoms with Gasteiger partial charge in [-0.3, -0.25) is 0 Å². The number of hydrogen-bond acceptors (Lipinski definition) is 1. The van der Waals surface area contributed by atoms with Crippen LogP contribution >= 0.6 is 0 Å². The minimum Gasteiger partial charge on any atom is -0.497 e. The minimum absolute atomic E-state index is 0.168. The van der Waals surface area contributed by atoms with Crippen molar-refractivity contribution in [1.29, 1.82) is 0 Å². The van der Waals surface area contributed by atoms with Crippen molar-refractivity contribution in [3.63, 3.8) is 0 Å². The summed E-state index contributed by atoms with van der Waals surface area (Å²) in [6, 6.07) is 28.1. The van der Waals surface area contributed by atoms with Crippen LogP contribution in [0.5, 0.6) is 5.75 Å². The van der Waals surface area contributed by atoms with Crippen LogP contribution in [0.3, 0.4) is 0 Å². The fourth-order valence-corrected chi connectivity index (χ4v) is 3.19. The van der Waals surface area contributed by atoms with Gasteiger partial charge in [0.05, 0.1) is 7.11 Å². The topological polar surface area (TPSA) is 9.23 Å². The van der Waals surface area contributed by atoms with Crippen molar-refractivity contribution in [2.45, 2.75) is 32.1 Å². The van der Waals surface area contributed by atoms with E-state index in [1.165, 1.54) is 22.3 Å². The van der Waals surface area contributed by atoms with Gasteiger partial charge in [0.15, 0.2) is 0 Å². The lowest BCUT2D eigenvalue weighted by Gasteiger charge is -2.22. The Morgan fingerprint density at radius 3 is 1.60 bits per heavy atom. The molecule has 0 amide bonds. The molecule has 0 radical (unpaired) electrons. The minimum atomic E-state index is 0.168. The van der Waals surface area contributed by atoms with Crippen molar-refractivity contribution in [2.75, 3.05) is 7.11 Å². The second kappa shape index (κ2) is 7.14. The number of ether oxygens (including phenoxy) is 1. The van der Waals surface area contributed by atoms with Crippen molar-refractivity contribution in [3.05, 3.63) is 101 Å². The normalized spacial score (nSPS) is 12.6. The Morgan fingerprint density at radius 1 is 0.640 bits per heavy atom. The van der Waals surface area contributed by atoms with Crippen molar-refractivity contribution in [3.8, 4) is 5.75 Å². The van der Waals surface area contributed by atoms with Crippen LogP contribution in [0.2, 0.25) is 0 Å². The molecule has 0 N–H and O–H groups in total. The van der Waals surface area contributed by atoms with Crippen LogP contribution in [0.1, 0.15) is 48.9 Å². The molecule has 3 rings (SSSR count). The molecule has 0 aliphatic heterocycles. The Balaban J connectivity index is 2.05. The SMILES string of the molecule is COc1ccc(C(c2ccccc2)c2ccc(C(C)(C)C)cc2)cc1. The molecule has 1 heteroatoms. The number of rotatable bonds is 4. The van der Waals surface area contributed by atoms with Crippen LogP contribution in [0.15, 0.2) is 78.9 Å². The van der Waals surface area contributed by atoms with Crippen molar-refractivity contribution in [2.24, 2.45) is 0 Å². The third-order valence-electron chi connectivity index (χ3n) is 4.69. The predicted octanol–water partition coefficient (Wildman–Crippen LogP) is 6.17. The summed E-state index contributed by atoms with van der Waals surface area (Å²) in [5.41, 5.74) is 5.41. The number of hydrogen-bond donors (Lipinski definition) is 0. The first-order chi connectivity index (χ1) is 12.0.